The first kappa shape index (κ1) is 20.6. The van der Waals surface area contributed by atoms with Crippen molar-refractivity contribution in [3.63, 3.8) is 0 Å². The maximum absolute atomic E-state index is 13.0. The highest BCUT2D eigenvalue weighted by molar-refractivity contribution is 7.91. The summed E-state index contributed by atoms with van der Waals surface area (Å²) in [6, 6.07) is 14.9. The first-order valence-corrected chi connectivity index (χ1v) is 9.83. The molecule has 152 valence electrons. The van der Waals surface area contributed by atoms with E-state index >= 15 is 0 Å². The Morgan fingerprint density at radius 2 is 1.27 bits per heavy atom. The van der Waals surface area contributed by atoms with Crippen molar-refractivity contribution in [2.24, 2.45) is 0 Å². The lowest BCUT2D eigenvalue weighted by Crippen LogP contribution is -2.16. The van der Waals surface area contributed by atoms with Crippen molar-refractivity contribution >= 4 is 32.8 Å². The van der Waals surface area contributed by atoms with E-state index < -0.39 is 25.6 Å². The Hall–Kier alpha value is -4.12. The zero-order valence-corrected chi connectivity index (χ0v) is 15.9. The van der Waals surface area contributed by atoms with E-state index in [9.17, 15) is 33.4 Å². The number of carbonyl (C=O) groups is 1. The van der Waals surface area contributed by atoms with E-state index in [4.69, 9.17) is 0 Å². The lowest BCUT2D eigenvalue weighted by Gasteiger charge is -2.11. The first-order valence-electron chi connectivity index (χ1n) is 8.34. The standard InChI is InChI=1S/C19H13N3O7S/c23-19(20-13-5-7-14(8-6-13)21(24)25)17-3-1-2-4-18(17)30(28,29)16-11-9-15(10-12-16)22(26)27/h1-12H,(H,20,23). The fourth-order valence-electron chi connectivity index (χ4n) is 2.63. The number of nitrogens with one attached hydrogen (secondary N) is 1. The summed E-state index contributed by atoms with van der Waals surface area (Å²) < 4.78 is 26.0. The Kier molecular flexibility index (Phi) is 5.56. The maximum atomic E-state index is 13.0. The van der Waals surface area contributed by atoms with Gasteiger partial charge in [-0.1, -0.05) is 12.1 Å². The van der Waals surface area contributed by atoms with Gasteiger partial charge in [0.05, 0.1) is 25.2 Å². The van der Waals surface area contributed by atoms with Crippen molar-refractivity contribution in [3.8, 4) is 0 Å². The SMILES string of the molecule is O=C(Nc1ccc([N+](=O)[O-])cc1)c1ccccc1S(=O)(=O)c1ccc([N+](=O)[O-])cc1. The maximum Gasteiger partial charge on any atom is 0.269 e. The van der Waals surface area contributed by atoms with Crippen LogP contribution >= 0.6 is 0 Å². The third-order valence-corrected chi connectivity index (χ3v) is 5.94. The topological polar surface area (TPSA) is 150 Å². The molecule has 0 bridgehead atoms. The Morgan fingerprint density at radius 3 is 1.80 bits per heavy atom. The summed E-state index contributed by atoms with van der Waals surface area (Å²) in [6.45, 7) is 0. The van der Waals surface area contributed by atoms with Crippen LogP contribution in [0.4, 0.5) is 17.1 Å². The van der Waals surface area contributed by atoms with E-state index in [1.165, 1.54) is 48.5 Å². The van der Waals surface area contributed by atoms with Crippen molar-refractivity contribution in [2.75, 3.05) is 5.32 Å². The molecule has 0 spiro atoms. The molecule has 0 saturated carbocycles. The van der Waals surface area contributed by atoms with Gasteiger partial charge in [0.25, 0.3) is 17.3 Å². The van der Waals surface area contributed by atoms with Crippen LogP contribution in [0.3, 0.4) is 0 Å². The molecule has 0 aliphatic heterocycles. The molecule has 0 radical (unpaired) electrons. The number of nitro benzene ring substituents is 2. The van der Waals surface area contributed by atoms with E-state index in [1.807, 2.05) is 0 Å². The molecule has 1 N–H and O–H groups in total. The average Bonchev–Trinajstić information content (AvgIpc) is 2.74. The molecule has 0 unspecified atom stereocenters. The Balaban J connectivity index is 1.93. The lowest BCUT2D eigenvalue weighted by atomic mass is 10.2. The Labute approximate surface area is 170 Å². The highest BCUT2D eigenvalue weighted by Gasteiger charge is 2.25. The average molecular weight is 427 g/mol. The van der Waals surface area contributed by atoms with Gasteiger partial charge < -0.3 is 5.32 Å². The van der Waals surface area contributed by atoms with Gasteiger partial charge in [0.1, 0.15) is 0 Å². The molecule has 0 heterocycles. The molecule has 0 saturated heterocycles. The molecule has 0 fully saturated rings. The van der Waals surface area contributed by atoms with Crippen molar-refractivity contribution in [2.45, 2.75) is 9.79 Å². The smallest absolute Gasteiger partial charge is 0.269 e. The predicted molar refractivity (Wildman–Crippen MR) is 106 cm³/mol. The van der Waals surface area contributed by atoms with Gasteiger partial charge in [-0.2, -0.15) is 0 Å². The number of nitrogens with zero attached hydrogens (tertiary/aromatic N) is 2. The molecule has 10 nitrogen and oxygen atoms in total. The number of hydrogen-bond acceptors (Lipinski definition) is 7. The van der Waals surface area contributed by atoms with Gasteiger partial charge in [-0.05, 0) is 36.4 Å². The quantitative estimate of drug-likeness (QED) is 0.466. The van der Waals surface area contributed by atoms with Gasteiger partial charge in [-0.25, -0.2) is 8.42 Å². The van der Waals surface area contributed by atoms with E-state index in [0.29, 0.717) is 0 Å². The summed E-state index contributed by atoms with van der Waals surface area (Å²) >= 11 is 0. The number of amides is 1. The van der Waals surface area contributed by atoms with E-state index in [0.717, 1.165) is 24.3 Å². The summed E-state index contributed by atoms with van der Waals surface area (Å²) in [7, 11) is -4.14. The third-order valence-electron chi connectivity index (χ3n) is 4.12. The second-order valence-corrected chi connectivity index (χ2v) is 7.93. The molecule has 0 aliphatic rings. The largest absolute Gasteiger partial charge is 0.322 e. The van der Waals surface area contributed by atoms with Gasteiger partial charge in [0.15, 0.2) is 0 Å². The van der Waals surface area contributed by atoms with Crippen LogP contribution in [0.1, 0.15) is 10.4 Å². The summed E-state index contributed by atoms with van der Waals surface area (Å²) in [5, 5.41) is 24.0. The van der Waals surface area contributed by atoms with Crippen LogP contribution in [0.15, 0.2) is 82.6 Å². The van der Waals surface area contributed by atoms with Crippen LogP contribution in [0.2, 0.25) is 0 Å². The number of non-ortho nitro benzene ring substituents is 2. The lowest BCUT2D eigenvalue weighted by molar-refractivity contribution is -0.385. The summed E-state index contributed by atoms with van der Waals surface area (Å²) in [5.74, 6) is -0.732. The van der Waals surface area contributed by atoms with Gasteiger partial charge in [-0.15, -0.1) is 0 Å². The minimum absolute atomic E-state index is 0.144. The molecule has 11 heteroatoms. The van der Waals surface area contributed by atoms with E-state index in [-0.39, 0.29) is 32.4 Å². The fraction of sp³-hybridized carbons (Fsp3) is 0. The second-order valence-electron chi connectivity index (χ2n) is 6.01. The zero-order chi connectivity index (χ0) is 21.9. The molecule has 0 atom stereocenters. The third kappa shape index (κ3) is 4.15. The molecule has 0 aliphatic carbocycles. The van der Waals surface area contributed by atoms with Crippen molar-refractivity contribution in [3.05, 3.63) is 98.6 Å². The minimum Gasteiger partial charge on any atom is -0.322 e. The van der Waals surface area contributed by atoms with Crippen LogP contribution in [0, 0.1) is 20.2 Å². The molecule has 0 aromatic heterocycles. The molecule has 1 amide bonds. The Morgan fingerprint density at radius 1 is 0.767 bits per heavy atom. The fourth-order valence-corrected chi connectivity index (χ4v) is 4.08. The second kappa shape index (κ2) is 8.09. The number of carbonyl (C=O) groups excluding carboxylic acids is 1. The van der Waals surface area contributed by atoms with E-state index in [2.05, 4.69) is 5.32 Å². The summed E-state index contributed by atoms with van der Waals surface area (Å²) in [5.41, 5.74) is -0.324. The number of benzene rings is 3. The van der Waals surface area contributed by atoms with Crippen LogP contribution in [-0.4, -0.2) is 24.2 Å². The minimum atomic E-state index is -4.14. The monoisotopic (exact) mass is 427 g/mol. The molecule has 3 rings (SSSR count). The molecular formula is C19H13N3O7S. The predicted octanol–water partition coefficient (Wildman–Crippen LogP) is 3.59. The van der Waals surface area contributed by atoms with Crippen LogP contribution < -0.4 is 5.32 Å². The first-order chi connectivity index (χ1) is 14.2. The highest BCUT2D eigenvalue weighted by Crippen LogP contribution is 2.26. The van der Waals surface area contributed by atoms with E-state index in [1.54, 1.807) is 0 Å². The number of nitro groups is 2. The van der Waals surface area contributed by atoms with Crippen molar-refractivity contribution < 1.29 is 23.1 Å². The van der Waals surface area contributed by atoms with Crippen LogP contribution in [0.5, 0.6) is 0 Å². The van der Waals surface area contributed by atoms with Gasteiger partial charge in [0, 0.05) is 30.0 Å². The van der Waals surface area contributed by atoms with Crippen molar-refractivity contribution in [1.82, 2.24) is 0 Å². The number of hydrogen-bond donors (Lipinski definition) is 1. The van der Waals surface area contributed by atoms with Gasteiger partial charge in [0.2, 0.25) is 9.84 Å². The normalized spacial score (nSPS) is 10.9. The van der Waals surface area contributed by atoms with Gasteiger partial charge in [-0.3, -0.25) is 25.0 Å². The summed E-state index contributed by atoms with van der Waals surface area (Å²) in [6.07, 6.45) is 0. The van der Waals surface area contributed by atoms with Crippen LogP contribution in [-0.2, 0) is 9.84 Å². The molecule has 30 heavy (non-hydrogen) atoms. The van der Waals surface area contributed by atoms with Crippen LogP contribution in [0.25, 0.3) is 0 Å². The zero-order valence-electron chi connectivity index (χ0n) is 15.1. The summed E-state index contributed by atoms with van der Waals surface area (Å²) in [4.78, 5) is 32.4. The number of rotatable bonds is 6. The van der Waals surface area contributed by atoms with Gasteiger partial charge >= 0.3 is 0 Å². The molecule has 3 aromatic carbocycles. The number of sulfone groups is 1. The number of anilines is 1. The molecule has 3 aromatic rings. The molecular weight excluding hydrogens is 414 g/mol. The Bertz CT molecular complexity index is 1240. The van der Waals surface area contributed by atoms with Crippen molar-refractivity contribution in [1.29, 1.82) is 0 Å². The highest BCUT2D eigenvalue weighted by atomic mass is 32.2.